The number of aryl methyl sites for hydroxylation is 1. The zero-order chi connectivity index (χ0) is 10.7. The van der Waals surface area contributed by atoms with Crippen molar-refractivity contribution in [3.05, 3.63) is 23.9 Å². The Morgan fingerprint density at radius 3 is 3.13 bits per heavy atom. The van der Waals surface area contributed by atoms with Gasteiger partial charge in [0.15, 0.2) is 0 Å². The molecular weight excluding hydrogens is 190 g/mol. The minimum Gasteiger partial charge on any atom is -0.383 e. The van der Waals surface area contributed by atoms with Crippen LogP contribution in [0.4, 0.5) is 5.69 Å². The van der Waals surface area contributed by atoms with Crippen molar-refractivity contribution < 1.29 is 4.74 Å². The van der Waals surface area contributed by atoms with Crippen LogP contribution in [0.15, 0.2) is 18.3 Å². The van der Waals surface area contributed by atoms with Crippen LogP contribution in [0.2, 0.25) is 0 Å². The van der Waals surface area contributed by atoms with Gasteiger partial charge in [0.05, 0.1) is 24.0 Å². The maximum absolute atomic E-state index is 5.00. The molecule has 15 heavy (non-hydrogen) atoms. The Kier molecular flexibility index (Phi) is 2.87. The van der Waals surface area contributed by atoms with Gasteiger partial charge in [-0.25, -0.2) is 0 Å². The van der Waals surface area contributed by atoms with E-state index >= 15 is 0 Å². The molecule has 0 radical (unpaired) electrons. The number of hydrogen-bond acceptors (Lipinski definition) is 3. The highest BCUT2D eigenvalue weighted by Gasteiger charge is 2.03. The molecule has 1 aromatic heterocycles. The second kappa shape index (κ2) is 4.31. The molecule has 2 rings (SSSR count). The maximum Gasteiger partial charge on any atom is 0.0881 e. The summed E-state index contributed by atoms with van der Waals surface area (Å²) in [6, 6.07) is 4.22. The first kappa shape index (κ1) is 9.98. The molecule has 0 saturated heterocycles. The number of aromatic amines is 1. The minimum absolute atomic E-state index is 0.698. The Hall–Kier alpha value is -1.55. The molecule has 4 nitrogen and oxygen atoms in total. The average Bonchev–Trinajstić information content (AvgIpc) is 2.65. The van der Waals surface area contributed by atoms with E-state index in [0.717, 1.165) is 23.1 Å². The van der Waals surface area contributed by atoms with Crippen LogP contribution >= 0.6 is 0 Å². The van der Waals surface area contributed by atoms with E-state index in [0.29, 0.717) is 6.61 Å². The van der Waals surface area contributed by atoms with Gasteiger partial charge in [0.25, 0.3) is 0 Å². The number of H-pyrrole nitrogens is 1. The number of aromatic nitrogens is 2. The van der Waals surface area contributed by atoms with Crippen LogP contribution in [0.25, 0.3) is 10.9 Å². The highest BCUT2D eigenvalue weighted by molar-refractivity contribution is 5.90. The molecule has 1 aromatic carbocycles. The predicted octanol–water partition coefficient (Wildman–Crippen LogP) is 1.93. The maximum atomic E-state index is 5.00. The molecule has 0 atom stereocenters. The van der Waals surface area contributed by atoms with Gasteiger partial charge in [-0.15, -0.1) is 0 Å². The molecule has 4 heteroatoms. The standard InChI is InChI=1S/C11H15N3O/c1-8-5-9-7-13-14-11(9)10(6-8)12-3-4-15-2/h5-7,12H,3-4H2,1-2H3,(H,13,14). The largest absolute Gasteiger partial charge is 0.383 e. The molecule has 0 aliphatic heterocycles. The van der Waals surface area contributed by atoms with Crippen molar-refractivity contribution in [2.75, 3.05) is 25.6 Å². The lowest BCUT2D eigenvalue weighted by Crippen LogP contribution is -2.08. The van der Waals surface area contributed by atoms with Gasteiger partial charge in [-0.1, -0.05) is 0 Å². The van der Waals surface area contributed by atoms with E-state index in [2.05, 4.69) is 34.6 Å². The number of nitrogens with one attached hydrogen (secondary N) is 2. The summed E-state index contributed by atoms with van der Waals surface area (Å²) >= 11 is 0. The van der Waals surface area contributed by atoms with Crippen LogP contribution in [-0.4, -0.2) is 30.5 Å². The molecule has 80 valence electrons. The number of hydrogen-bond donors (Lipinski definition) is 2. The summed E-state index contributed by atoms with van der Waals surface area (Å²) in [5, 5.41) is 11.5. The topological polar surface area (TPSA) is 49.9 Å². The van der Waals surface area contributed by atoms with E-state index < -0.39 is 0 Å². The lowest BCUT2D eigenvalue weighted by atomic mass is 10.1. The minimum atomic E-state index is 0.698. The van der Waals surface area contributed by atoms with Crippen molar-refractivity contribution in [3.63, 3.8) is 0 Å². The quantitative estimate of drug-likeness (QED) is 0.750. The molecular formula is C11H15N3O. The second-order valence-corrected chi connectivity index (χ2v) is 3.57. The molecule has 0 unspecified atom stereocenters. The number of methoxy groups -OCH3 is 1. The Morgan fingerprint density at radius 2 is 2.33 bits per heavy atom. The van der Waals surface area contributed by atoms with Crippen LogP contribution < -0.4 is 5.32 Å². The highest BCUT2D eigenvalue weighted by atomic mass is 16.5. The van der Waals surface area contributed by atoms with Gasteiger partial charge in [-0.3, -0.25) is 5.10 Å². The molecule has 0 aliphatic rings. The lowest BCUT2D eigenvalue weighted by molar-refractivity contribution is 0.211. The zero-order valence-corrected chi connectivity index (χ0v) is 9.00. The summed E-state index contributed by atoms with van der Waals surface area (Å²) in [5.74, 6) is 0. The highest BCUT2D eigenvalue weighted by Crippen LogP contribution is 2.22. The number of rotatable bonds is 4. The zero-order valence-electron chi connectivity index (χ0n) is 9.00. The lowest BCUT2D eigenvalue weighted by Gasteiger charge is -2.07. The van der Waals surface area contributed by atoms with Crippen molar-refractivity contribution in [1.82, 2.24) is 10.2 Å². The van der Waals surface area contributed by atoms with Gasteiger partial charge in [0, 0.05) is 19.0 Å². The normalized spacial score (nSPS) is 10.8. The molecule has 0 amide bonds. The summed E-state index contributed by atoms with van der Waals surface area (Å²) in [4.78, 5) is 0. The van der Waals surface area contributed by atoms with Gasteiger partial charge in [-0.2, -0.15) is 5.10 Å². The molecule has 0 spiro atoms. The molecule has 0 fully saturated rings. The summed E-state index contributed by atoms with van der Waals surface area (Å²) in [5.41, 5.74) is 3.36. The van der Waals surface area contributed by atoms with Crippen LogP contribution in [0.5, 0.6) is 0 Å². The van der Waals surface area contributed by atoms with E-state index in [4.69, 9.17) is 4.74 Å². The molecule has 0 aliphatic carbocycles. The molecule has 2 N–H and O–H groups in total. The average molecular weight is 205 g/mol. The monoisotopic (exact) mass is 205 g/mol. The first-order valence-electron chi connectivity index (χ1n) is 4.98. The second-order valence-electron chi connectivity index (χ2n) is 3.57. The number of fused-ring (bicyclic) bond motifs is 1. The Labute approximate surface area is 88.6 Å². The van der Waals surface area contributed by atoms with Crippen LogP contribution in [0, 0.1) is 6.92 Å². The van der Waals surface area contributed by atoms with Gasteiger partial charge >= 0.3 is 0 Å². The fourth-order valence-electron chi connectivity index (χ4n) is 1.63. The van der Waals surface area contributed by atoms with Crippen molar-refractivity contribution in [2.24, 2.45) is 0 Å². The summed E-state index contributed by atoms with van der Waals surface area (Å²) < 4.78 is 5.00. The fourth-order valence-corrected chi connectivity index (χ4v) is 1.63. The van der Waals surface area contributed by atoms with Crippen LogP contribution in [0.1, 0.15) is 5.56 Å². The van der Waals surface area contributed by atoms with Crippen molar-refractivity contribution in [1.29, 1.82) is 0 Å². The van der Waals surface area contributed by atoms with E-state index in [1.807, 2.05) is 6.20 Å². The summed E-state index contributed by atoms with van der Waals surface area (Å²) in [6.07, 6.45) is 1.84. The third kappa shape index (κ3) is 2.10. The molecule has 1 heterocycles. The van der Waals surface area contributed by atoms with Gasteiger partial charge in [-0.05, 0) is 24.6 Å². The third-order valence-electron chi connectivity index (χ3n) is 2.31. The summed E-state index contributed by atoms with van der Waals surface area (Å²) in [6.45, 7) is 3.57. The third-order valence-corrected chi connectivity index (χ3v) is 2.31. The Balaban J connectivity index is 2.27. The Morgan fingerprint density at radius 1 is 1.47 bits per heavy atom. The molecule has 2 aromatic rings. The molecule has 0 saturated carbocycles. The van der Waals surface area contributed by atoms with Crippen LogP contribution in [0.3, 0.4) is 0 Å². The van der Waals surface area contributed by atoms with Gasteiger partial charge < -0.3 is 10.1 Å². The van der Waals surface area contributed by atoms with Gasteiger partial charge in [0.1, 0.15) is 0 Å². The van der Waals surface area contributed by atoms with E-state index in [-0.39, 0.29) is 0 Å². The van der Waals surface area contributed by atoms with Crippen LogP contribution in [-0.2, 0) is 4.74 Å². The van der Waals surface area contributed by atoms with Gasteiger partial charge in [0.2, 0.25) is 0 Å². The number of ether oxygens (including phenoxy) is 1. The summed E-state index contributed by atoms with van der Waals surface area (Å²) in [7, 11) is 1.70. The van der Waals surface area contributed by atoms with E-state index in [1.54, 1.807) is 7.11 Å². The Bertz CT molecular complexity index is 450. The fraction of sp³-hybridized carbons (Fsp3) is 0.364. The smallest absolute Gasteiger partial charge is 0.0881 e. The molecule has 0 bridgehead atoms. The first-order valence-corrected chi connectivity index (χ1v) is 4.98. The number of nitrogens with zero attached hydrogens (tertiary/aromatic N) is 1. The number of benzene rings is 1. The van der Waals surface area contributed by atoms with E-state index in [1.165, 1.54) is 5.56 Å². The first-order chi connectivity index (χ1) is 7.31. The van der Waals surface area contributed by atoms with E-state index in [9.17, 15) is 0 Å². The van der Waals surface area contributed by atoms with Crippen molar-refractivity contribution in [2.45, 2.75) is 6.92 Å². The van der Waals surface area contributed by atoms with Crippen molar-refractivity contribution >= 4 is 16.6 Å². The predicted molar refractivity (Wildman–Crippen MR) is 61.2 cm³/mol. The number of anilines is 1. The SMILES string of the molecule is COCCNc1cc(C)cc2cn[nH]c12. The van der Waals surface area contributed by atoms with Crippen molar-refractivity contribution in [3.8, 4) is 0 Å².